The van der Waals surface area contributed by atoms with E-state index in [1.165, 1.54) is 0 Å². The predicted molar refractivity (Wildman–Crippen MR) is 91.3 cm³/mol. The molecular weight excluding hydrogens is 363 g/mol. The van der Waals surface area contributed by atoms with Crippen molar-refractivity contribution in [3.05, 3.63) is 29.6 Å². The van der Waals surface area contributed by atoms with Crippen LogP contribution in [0.2, 0.25) is 0 Å². The first kappa shape index (κ1) is 20.2. The Balaban J connectivity index is 2.53. The second kappa shape index (κ2) is 8.88. The summed E-state index contributed by atoms with van der Waals surface area (Å²) in [6, 6.07) is 1.58. The Hall–Kier alpha value is -1.81. The molecule has 0 spiro atoms. The van der Waals surface area contributed by atoms with Gasteiger partial charge in [0.25, 0.3) is 0 Å². The van der Waals surface area contributed by atoms with Crippen LogP contribution >= 0.6 is 24.0 Å². The number of rotatable bonds is 5. The summed E-state index contributed by atoms with van der Waals surface area (Å²) in [5.74, 6) is -5.76. The van der Waals surface area contributed by atoms with Gasteiger partial charge in [0.2, 0.25) is 11.8 Å². The van der Waals surface area contributed by atoms with Gasteiger partial charge in [-0.25, -0.2) is 13.2 Å². The molecule has 0 saturated carbocycles. The fraction of sp³-hybridized carbons (Fsp3) is 0.357. The zero-order chi connectivity index (χ0) is 18.4. The van der Waals surface area contributed by atoms with Gasteiger partial charge >= 0.3 is 0 Å². The number of thiocarbonyl (C=S) groups is 1. The van der Waals surface area contributed by atoms with Crippen molar-refractivity contribution in [2.45, 2.75) is 12.2 Å². The average Bonchev–Trinajstić information content (AvgIpc) is 2.52. The lowest BCUT2D eigenvalue weighted by molar-refractivity contribution is -0.123. The second-order valence-corrected chi connectivity index (χ2v) is 6.88. The van der Waals surface area contributed by atoms with E-state index in [1.807, 2.05) is 0 Å². The van der Waals surface area contributed by atoms with Gasteiger partial charge in [-0.1, -0.05) is 24.0 Å². The molecule has 0 aromatic heterocycles. The summed E-state index contributed by atoms with van der Waals surface area (Å²) >= 11 is 6.19. The van der Waals surface area contributed by atoms with Crippen molar-refractivity contribution < 1.29 is 22.8 Å². The van der Waals surface area contributed by atoms with Crippen molar-refractivity contribution >= 4 is 45.8 Å². The maximum Gasteiger partial charge on any atom is 0.243 e. The molecule has 1 rings (SSSR count). The van der Waals surface area contributed by atoms with Gasteiger partial charge < -0.3 is 15.5 Å². The van der Waals surface area contributed by atoms with Crippen LogP contribution in [-0.4, -0.2) is 46.9 Å². The summed E-state index contributed by atoms with van der Waals surface area (Å²) < 4.78 is 39.8. The molecule has 2 amide bonds. The molecule has 0 saturated heterocycles. The van der Waals surface area contributed by atoms with Gasteiger partial charge in [-0.15, -0.1) is 0 Å². The van der Waals surface area contributed by atoms with Crippen LogP contribution in [0.15, 0.2) is 12.1 Å². The Morgan fingerprint density at radius 1 is 1.25 bits per heavy atom. The number of anilines is 1. The van der Waals surface area contributed by atoms with Gasteiger partial charge in [0.05, 0.1) is 17.5 Å². The molecule has 1 atom stereocenters. The van der Waals surface area contributed by atoms with E-state index in [-0.39, 0.29) is 0 Å². The molecule has 132 valence electrons. The zero-order valence-corrected chi connectivity index (χ0v) is 14.8. The molecule has 10 heteroatoms. The quantitative estimate of drug-likeness (QED) is 0.606. The number of amides is 2. The summed E-state index contributed by atoms with van der Waals surface area (Å²) in [5, 5.41) is 3.87. The summed E-state index contributed by atoms with van der Waals surface area (Å²) in [5.41, 5.74) is -0.510. The number of carbonyl (C=O) groups is 2. The molecule has 0 radical (unpaired) electrons. The molecule has 0 aliphatic heterocycles. The van der Waals surface area contributed by atoms with Crippen LogP contribution in [0.1, 0.15) is 6.92 Å². The van der Waals surface area contributed by atoms with Gasteiger partial charge in [0.15, 0.2) is 17.5 Å². The van der Waals surface area contributed by atoms with Gasteiger partial charge in [-0.2, -0.15) is 0 Å². The molecule has 1 aromatic carbocycles. The van der Waals surface area contributed by atoms with Gasteiger partial charge in [-0.3, -0.25) is 9.59 Å². The van der Waals surface area contributed by atoms with Crippen LogP contribution in [-0.2, 0) is 9.59 Å². The molecular formula is C14H16F3N3O2S2. The van der Waals surface area contributed by atoms with E-state index in [2.05, 4.69) is 10.6 Å². The number of carbonyl (C=O) groups excluding carboxylic acids is 2. The molecule has 0 fully saturated rings. The van der Waals surface area contributed by atoms with E-state index < -0.39 is 46.7 Å². The van der Waals surface area contributed by atoms with Crippen molar-refractivity contribution in [1.29, 1.82) is 0 Å². The number of nitrogens with one attached hydrogen (secondary N) is 2. The third-order valence-electron chi connectivity index (χ3n) is 2.74. The minimum absolute atomic E-state index is 0.440. The third-order valence-corrected chi connectivity index (χ3v) is 4.53. The molecule has 24 heavy (non-hydrogen) atoms. The van der Waals surface area contributed by atoms with Crippen molar-refractivity contribution in [3.63, 3.8) is 0 Å². The minimum atomic E-state index is -1.68. The first-order valence-electron chi connectivity index (χ1n) is 6.72. The van der Waals surface area contributed by atoms with Gasteiger partial charge in [-0.05, 0) is 19.1 Å². The number of hydrogen-bond acceptors (Lipinski definition) is 4. The number of hydrogen-bond donors (Lipinski definition) is 2. The average molecular weight is 379 g/mol. The molecule has 0 unspecified atom stereocenters. The van der Waals surface area contributed by atoms with E-state index in [0.717, 1.165) is 17.8 Å². The van der Waals surface area contributed by atoms with E-state index in [4.69, 9.17) is 12.2 Å². The second-order valence-electron chi connectivity index (χ2n) is 4.91. The lowest BCUT2D eigenvalue weighted by atomic mass is 10.2. The standard InChI is InChI=1S/C14H16F3N3O2S2/c1-7(24-14(23)20(2)3)13(22)18-6-10(21)19-9-5-4-8(15)11(16)12(9)17/h4-5,7H,6H2,1-3H3,(H,18,22)(H,19,21)/t7-/m1/s1. The van der Waals surface area contributed by atoms with Crippen molar-refractivity contribution in [1.82, 2.24) is 10.2 Å². The Kier molecular flexibility index (Phi) is 7.49. The van der Waals surface area contributed by atoms with Crippen molar-refractivity contribution in [2.75, 3.05) is 26.0 Å². The highest BCUT2D eigenvalue weighted by atomic mass is 32.2. The minimum Gasteiger partial charge on any atom is -0.364 e. The fourth-order valence-electron chi connectivity index (χ4n) is 1.44. The fourth-order valence-corrected chi connectivity index (χ4v) is 2.57. The van der Waals surface area contributed by atoms with E-state index in [0.29, 0.717) is 10.4 Å². The number of nitrogens with zero attached hydrogens (tertiary/aromatic N) is 1. The van der Waals surface area contributed by atoms with Gasteiger partial charge in [0, 0.05) is 14.1 Å². The highest BCUT2D eigenvalue weighted by molar-refractivity contribution is 8.23. The summed E-state index contributed by atoms with van der Waals surface area (Å²) in [4.78, 5) is 25.2. The Morgan fingerprint density at radius 3 is 2.46 bits per heavy atom. The number of thioether (sulfide) groups is 1. The number of benzene rings is 1. The number of halogens is 3. The SMILES string of the molecule is C[C@@H](SC(=S)N(C)C)C(=O)NCC(=O)Nc1ccc(F)c(F)c1F. The Labute approximate surface area is 147 Å². The molecule has 0 aliphatic carbocycles. The molecule has 5 nitrogen and oxygen atoms in total. The molecule has 0 heterocycles. The Morgan fingerprint density at radius 2 is 1.88 bits per heavy atom. The van der Waals surface area contributed by atoms with Crippen LogP contribution < -0.4 is 10.6 Å². The van der Waals surface area contributed by atoms with Crippen LogP contribution in [0.25, 0.3) is 0 Å². The summed E-state index contributed by atoms with van der Waals surface area (Å²) in [6.45, 7) is 1.17. The normalized spacial score (nSPS) is 11.6. The smallest absolute Gasteiger partial charge is 0.243 e. The third kappa shape index (κ3) is 5.68. The van der Waals surface area contributed by atoms with Crippen LogP contribution in [0.5, 0.6) is 0 Å². The maximum absolute atomic E-state index is 13.4. The monoisotopic (exact) mass is 379 g/mol. The maximum atomic E-state index is 13.4. The predicted octanol–water partition coefficient (Wildman–Crippen LogP) is 2.13. The van der Waals surface area contributed by atoms with E-state index in [9.17, 15) is 22.8 Å². The highest BCUT2D eigenvalue weighted by Gasteiger charge is 2.19. The zero-order valence-electron chi connectivity index (χ0n) is 13.2. The van der Waals surface area contributed by atoms with Crippen molar-refractivity contribution in [2.24, 2.45) is 0 Å². The van der Waals surface area contributed by atoms with E-state index in [1.54, 1.807) is 25.9 Å². The summed E-state index contributed by atoms with van der Waals surface area (Å²) in [7, 11) is 3.48. The summed E-state index contributed by atoms with van der Waals surface area (Å²) in [6.07, 6.45) is 0. The lowest BCUT2D eigenvalue weighted by Gasteiger charge is -2.17. The molecule has 0 aliphatic rings. The Bertz CT molecular complexity index is 656. The first-order valence-corrected chi connectivity index (χ1v) is 8.01. The van der Waals surface area contributed by atoms with Gasteiger partial charge in [0.1, 0.15) is 4.32 Å². The van der Waals surface area contributed by atoms with Crippen molar-refractivity contribution in [3.8, 4) is 0 Å². The van der Waals surface area contributed by atoms with Crippen LogP contribution in [0.3, 0.4) is 0 Å². The molecule has 0 bridgehead atoms. The lowest BCUT2D eigenvalue weighted by Crippen LogP contribution is -2.38. The molecule has 2 N–H and O–H groups in total. The topological polar surface area (TPSA) is 61.4 Å². The van der Waals surface area contributed by atoms with E-state index >= 15 is 0 Å². The van der Waals surface area contributed by atoms with Crippen LogP contribution in [0.4, 0.5) is 18.9 Å². The first-order chi connectivity index (χ1) is 11.1. The highest BCUT2D eigenvalue weighted by Crippen LogP contribution is 2.19. The van der Waals surface area contributed by atoms with Crippen LogP contribution in [0, 0.1) is 17.5 Å². The molecule has 1 aromatic rings. The largest absolute Gasteiger partial charge is 0.364 e.